The third-order valence-corrected chi connectivity index (χ3v) is 2.90. The summed E-state index contributed by atoms with van der Waals surface area (Å²) in [5.41, 5.74) is 6.50. The number of phenolic OH excluding ortho intramolecular Hbond substituents is 2. The summed E-state index contributed by atoms with van der Waals surface area (Å²) in [4.78, 5) is 11.8. The van der Waals surface area contributed by atoms with Crippen LogP contribution < -0.4 is 11.1 Å². The maximum atomic E-state index is 11.8. The maximum Gasteiger partial charge on any atom is 0.237 e. The Morgan fingerprint density at radius 3 is 2.67 bits per heavy atom. The number of hydrogen-bond donors (Lipinski definition) is 4. The van der Waals surface area contributed by atoms with Crippen LogP contribution >= 0.6 is 0 Å². The Balaban J connectivity index is 2.32. The molecule has 6 nitrogen and oxygen atoms in total. The lowest BCUT2D eigenvalue weighted by Gasteiger charge is -2.13. The summed E-state index contributed by atoms with van der Waals surface area (Å²) in [7, 11) is 0. The average Bonchev–Trinajstić information content (AvgIpc) is 2.42. The standard InChI is InChI=1S/C15H24N2O4/c1-10(2)21-7-3-6-17-15(20)12(16)8-11-4-5-13(18)14(19)9-11/h4-5,9-10,12,18-19H,3,6-8,16H2,1-2H3,(H,17,20)/t12-/m0/s1. The van der Waals surface area contributed by atoms with Gasteiger partial charge in [0.25, 0.3) is 0 Å². The number of benzene rings is 1. The van der Waals surface area contributed by atoms with Crippen LogP contribution in [-0.2, 0) is 16.0 Å². The lowest BCUT2D eigenvalue weighted by molar-refractivity contribution is -0.122. The molecule has 0 bridgehead atoms. The van der Waals surface area contributed by atoms with E-state index >= 15 is 0 Å². The van der Waals surface area contributed by atoms with Gasteiger partial charge in [0.15, 0.2) is 11.5 Å². The number of aromatic hydroxyl groups is 2. The van der Waals surface area contributed by atoms with Gasteiger partial charge in [-0.1, -0.05) is 6.07 Å². The van der Waals surface area contributed by atoms with Crippen LogP contribution in [0.2, 0.25) is 0 Å². The van der Waals surface area contributed by atoms with Gasteiger partial charge in [0.1, 0.15) is 0 Å². The Kier molecular flexibility index (Phi) is 6.98. The molecule has 1 amide bonds. The lowest BCUT2D eigenvalue weighted by Crippen LogP contribution is -2.42. The molecule has 0 radical (unpaired) electrons. The molecule has 1 aromatic rings. The van der Waals surface area contributed by atoms with Crippen molar-refractivity contribution >= 4 is 5.91 Å². The highest BCUT2D eigenvalue weighted by Crippen LogP contribution is 2.25. The SMILES string of the molecule is CC(C)OCCCNC(=O)[C@@H](N)Cc1ccc(O)c(O)c1. The number of nitrogens with one attached hydrogen (secondary N) is 1. The van der Waals surface area contributed by atoms with Crippen molar-refractivity contribution in [3.8, 4) is 11.5 Å². The smallest absolute Gasteiger partial charge is 0.237 e. The number of nitrogens with two attached hydrogens (primary N) is 1. The second-order valence-corrected chi connectivity index (χ2v) is 5.20. The maximum absolute atomic E-state index is 11.8. The molecule has 1 aromatic carbocycles. The minimum Gasteiger partial charge on any atom is -0.504 e. The zero-order valence-corrected chi connectivity index (χ0v) is 12.5. The molecular weight excluding hydrogens is 272 g/mol. The van der Waals surface area contributed by atoms with Crippen molar-refractivity contribution in [2.45, 2.75) is 38.8 Å². The van der Waals surface area contributed by atoms with Crippen LogP contribution in [0, 0.1) is 0 Å². The molecular formula is C15H24N2O4. The monoisotopic (exact) mass is 296 g/mol. The molecule has 118 valence electrons. The predicted octanol–water partition coefficient (Wildman–Crippen LogP) is 0.899. The van der Waals surface area contributed by atoms with E-state index in [0.717, 1.165) is 6.42 Å². The van der Waals surface area contributed by atoms with Crippen molar-refractivity contribution in [2.24, 2.45) is 5.73 Å². The molecule has 0 fully saturated rings. The molecule has 0 saturated heterocycles. The molecule has 0 unspecified atom stereocenters. The topological polar surface area (TPSA) is 105 Å². The van der Waals surface area contributed by atoms with E-state index in [9.17, 15) is 15.0 Å². The number of ether oxygens (including phenoxy) is 1. The zero-order valence-electron chi connectivity index (χ0n) is 12.5. The second kappa shape index (κ2) is 8.49. The van der Waals surface area contributed by atoms with Crippen molar-refractivity contribution in [2.75, 3.05) is 13.2 Å². The summed E-state index contributed by atoms with van der Waals surface area (Å²) in [5.74, 6) is -0.653. The molecule has 6 heteroatoms. The van der Waals surface area contributed by atoms with Gasteiger partial charge in [0.05, 0.1) is 12.1 Å². The van der Waals surface area contributed by atoms with Crippen LogP contribution in [0.5, 0.6) is 11.5 Å². The number of rotatable bonds is 8. The molecule has 0 aliphatic heterocycles. The van der Waals surface area contributed by atoms with Gasteiger partial charge in [-0.05, 0) is 44.4 Å². The van der Waals surface area contributed by atoms with Gasteiger partial charge in [-0.3, -0.25) is 4.79 Å². The molecule has 0 saturated carbocycles. The third kappa shape index (κ3) is 6.46. The second-order valence-electron chi connectivity index (χ2n) is 5.20. The Labute approximate surface area is 124 Å². The highest BCUT2D eigenvalue weighted by molar-refractivity contribution is 5.81. The first-order valence-electron chi connectivity index (χ1n) is 7.06. The number of hydrogen-bond acceptors (Lipinski definition) is 5. The Bertz CT molecular complexity index is 463. The molecule has 1 rings (SSSR count). The number of carbonyl (C=O) groups excluding carboxylic acids is 1. The summed E-state index contributed by atoms with van der Waals surface area (Å²) >= 11 is 0. The fourth-order valence-corrected chi connectivity index (χ4v) is 1.78. The molecule has 0 heterocycles. The van der Waals surface area contributed by atoms with Crippen molar-refractivity contribution in [3.05, 3.63) is 23.8 Å². The van der Waals surface area contributed by atoms with Crippen molar-refractivity contribution in [1.29, 1.82) is 0 Å². The predicted molar refractivity (Wildman–Crippen MR) is 80.2 cm³/mol. The first-order chi connectivity index (χ1) is 9.90. The van der Waals surface area contributed by atoms with Crippen LogP contribution in [0.25, 0.3) is 0 Å². The van der Waals surface area contributed by atoms with E-state index in [4.69, 9.17) is 10.5 Å². The largest absolute Gasteiger partial charge is 0.504 e. The number of phenols is 2. The minimum atomic E-state index is -0.694. The highest BCUT2D eigenvalue weighted by atomic mass is 16.5. The van der Waals surface area contributed by atoms with E-state index in [-0.39, 0.29) is 23.5 Å². The molecule has 0 spiro atoms. The summed E-state index contributed by atoms with van der Waals surface area (Å²) in [5, 5.41) is 21.4. The summed E-state index contributed by atoms with van der Waals surface area (Å²) < 4.78 is 5.37. The van der Waals surface area contributed by atoms with E-state index in [0.29, 0.717) is 25.1 Å². The van der Waals surface area contributed by atoms with Gasteiger partial charge < -0.3 is 26.0 Å². The van der Waals surface area contributed by atoms with Crippen molar-refractivity contribution in [1.82, 2.24) is 5.32 Å². The molecule has 0 aliphatic carbocycles. The first kappa shape index (κ1) is 17.3. The number of amides is 1. The van der Waals surface area contributed by atoms with Crippen LogP contribution in [0.15, 0.2) is 18.2 Å². The Morgan fingerprint density at radius 1 is 1.33 bits per heavy atom. The molecule has 1 atom stereocenters. The fourth-order valence-electron chi connectivity index (χ4n) is 1.78. The normalized spacial score (nSPS) is 12.4. The van der Waals surface area contributed by atoms with Crippen LogP contribution in [0.1, 0.15) is 25.8 Å². The van der Waals surface area contributed by atoms with Crippen molar-refractivity contribution < 1.29 is 19.7 Å². The quantitative estimate of drug-likeness (QED) is 0.421. The minimum absolute atomic E-state index is 0.185. The Hall–Kier alpha value is -1.79. The highest BCUT2D eigenvalue weighted by Gasteiger charge is 2.14. The van der Waals surface area contributed by atoms with Gasteiger partial charge in [-0.2, -0.15) is 0 Å². The van der Waals surface area contributed by atoms with E-state index in [1.54, 1.807) is 6.07 Å². The van der Waals surface area contributed by atoms with Gasteiger partial charge in [0, 0.05) is 13.2 Å². The summed E-state index contributed by atoms with van der Waals surface area (Å²) in [6.07, 6.45) is 1.21. The van der Waals surface area contributed by atoms with Crippen LogP contribution in [0.3, 0.4) is 0 Å². The molecule has 0 aliphatic rings. The molecule has 5 N–H and O–H groups in total. The summed E-state index contributed by atoms with van der Waals surface area (Å²) in [6.45, 7) is 5.03. The average molecular weight is 296 g/mol. The summed E-state index contributed by atoms with van der Waals surface area (Å²) in [6, 6.07) is 3.70. The van der Waals surface area contributed by atoms with Gasteiger partial charge in [0.2, 0.25) is 5.91 Å². The Morgan fingerprint density at radius 2 is 2.05 bits per heavy atom. The van der Waals surface area contributed by atoms with E-state index in [1.165, 1.54) is 12.1 Å². The molecule has 21 heavy (non-hydrogen) atoms. The fraction of sp³-hybridized carbons (Fsp3) is 0.533. The zero-order chi connectivity index (χ0) is 15.8. The van der Waals surface area contributed by atoms with Crippen molar-refractivity contribution in [3.63, 3.8) is 0 Å². The molecule has 0 aromatic heterocycles. The van der Waals surface area contributed by atoms with Crippen LogP contribution in [0.4, 0.5) is 0 Å². The van der Waals surface area contributed by atoms with Gasteiger partial charge >= 0.3 is 0 Å². The van der Waals surface area contributed by atoms with E-state index in [2.05, 4.69) is 5.32 Å². The van der Waals surface area contributed by atoms with Crippen LogP contribution in [-0.4, -0.2) is 41.4 Å². The van der Waals surface area contributed by atoms with Gasteiger partial charge in [-0.25, -0.2) is 0 Å². The first-order valence-corrected chi connectivity index (χ1v) is 7.06. The number of carbonyl (C=O) groups is 1. The van der Waals surface area contributed by atoms with E-state index < -0.39 is 6.04 Å². The third-order valence-electron chi connectivity index (χ3n) is 2.90. The van der Waals surface area contributed by atoms with E-state index in [1.807, 2.05) is 13.8 Å². The lowest BCUT2D eigenvalue weighted by atomic mass is 10.1. The van der Waals surface area contributed by atoms with Gasteiger partial charge in [-0.15, -0.1) is 0 Å².